The average Bonchev–Trinajstić information content (AvgIpc) is 3.31. The van der Waals surface area contributed by atoms with Crippen LogP contribution in [0.2, 0.25) is 19.6 Å². The summed E-state index contributed by atoms with van der Waals surface area (Å²) in [5.74, 6) is 0.970. The van der Waals surface area contributed by atoms with Gasteiger partial charge in [-0.25, -0.2) is 0 Å². The summed E-state index contributed by atoms with van der Waals surface area (Å²) in [5.41, 5.74) is 0.193. The number of carbonyl (C=O) groups excluding carboxylic acids is 1. The Morgan fingerprint density at radius 2 is 1.76 bits per heavy atom. The molecule has 0 bridgehead atoms. The Labute approximate surface area is 226 Å². The van der Waals surface area contributed by atoms with Crippen molar-refractivity contribution in [2.75, 3.05) is 52.0 Å². The first-order chi connectivity index (χ1) is 17.5. The van der Waals surface area contributed by atoms with Gasteiger partial charge in [-0.15, -0.1) is 0 Å². The summed E-state index contributed by atoms with van der Waals surface area (Å²) in [6, 6.07) is 9.17. The molecule has 0 unspecified atom stereocenters. The number of hydrogen-bond donors (Lipinski definition) is 2. The quantitative estimate of drug-likeness (QED) is 0.226. The van der Waals surface area contributed by atoms with E-state index in [4.69, 9.17) is 18.6 Å². The minimum Gasteiger partial charge on any atom is -0.479 e. The van der Waals surface area contributed by atoms with Crippen molar-refractivity contribution in [3.63, 3.8) is 0 Å². The Hall–Kier alpha value is -3.09. The molecule has 10 nitrogen and oxygen atoms in total. The molecule has 0 aliphatic carbocycles. The third-order valence-corrected chi connectivity index (χ3v) is 8.04. The molecular formula is C25H34BrN5O5Si. The van der Waals surface area contributed by atoms with Crippen LogP contribution in [0, 0.1) is 0 Å². The fraction of sp³-hybridized carbons (Fsp3) is 0.400. The Kier molecular flexibility index (Phi) is 9.57. The number of hydrogen-bond acceptors (Lipinski definition) is 9. The van der Waals surface area contributed by atoms with Gasteiger partial charge < -0.3 is 34.2 Å². The molecule has 0 radical (unpaired) electrons. The van der Waals surface area contributed by atoms with Crippen molar-refractivity contribution in [2.45, 2.75) is 26.1 Å². The molecule has 3 aromatic rings. The monoisotopic (exact) mass is 591 g/mol. The van der Waals surface area contributed by atoms with Gasteiger partial charge in [0, 0.05) is 12.6 Å². The minimum atomic E-state index is -1.53. The van der Waals surface area contributed by atoms with Gasteiger partial charge in [-0.2, -0.15) is 9.97 Å². The van der Waals surface area contributed by atoms with E-state index in [1.807, 2.05) is 26.2 Å². The maximum atomic E-state index is 13.0. The van der Waals surface area contributed by atoms with Gasteiger partial charge in [0.2, 0.25) is 17.7 Å². The van der Waals surface area contributed by atoms with Crippen LogP contribution < -0.4 is 30.0 Å². The van der Waals surface area contributed by atoms with E-state index in [-0.39, 0.29) is 29.2 Å². The Morgan fingerprint density at radius 1 is 1.08 bits per heavy atom. The first kappa shape index (κ1) is 28.5. The molecule has 12 heteroatoms. The van der Waals surface area contributed by atoms with Crippen LogP contribution in [0.1, 0.15) is 17.0 Å². The number of nitrogens with zero attached hydrogens (tertiary/aromatic N) is 3. The lowest BCUT2D eigenvalue weighted by Crippen LogP contribution is -2.37. The molecule has 0 aliphatic heterocycles. The second-order valence-corrected chi connectivity index (χ2v) is 15.5. The molecule has 2 N–H and O–H groups in total. The zero-order chi connectivity index (χ0) is 27.2. The van der Waals surface area contributed by atoms with Crippen molar-refractivity contribution >= 4 is 46.7 Å². The molecular weight excluding hydrogens is 558 g/mol. The number of carbonyl (C=O) groups is 1. The number of rotatable bonds is 12. The highest BCUT2D eigenvalue weighted by molar-refractivity contribution is 9.10. The van der Waals surface area contributed by atoms with E-state index in [1.54, 1.807) is 6.07 Å². The number of aromatic nitrogens is 2. The van der Waals surface area contributed by atoms with E-state index >= 15 is 0 Å². The highest BCUT2D eigenvalue weighted by atomic mass is 79.9. The summed E-state index contributed by atoms with van der Waals surface area (Å²) in [6.45, 7) is 8.37. The van der Waals surface area contributed by atoms with E-state index in [0.29, 0.717) is 18.2 Å². The number of furan rings is 1. The number of methoxy groups -OCH3 is 2. The van der Waals surface area contributed by atoms with E-state index in [0.717, 1.165) is 17.4 Å². The van der Waals surface area contributed by atoms with Gasteiger partial charge in [0.05, 0.1) is 26.8 Å². The van der Waals surface area contributed by atoms with E-state index in [9.17, 15) is 4.79 Å². The Morgan fingerprint density at radius 3 is 2.35 bits per heavy atom. The summed E-state index contributed by atoms with van der Waals surface area (Å²) in [7, 11) is 5.40. The van der Waals surface area contributed by atoms with Crippen LogP contribution >= 0.6 is 15.9 Å². The van der Waals surface area contributed by atoms with Crippen molar-refractivity contribution in [1.82, 2.24) is 14.9 Å². The molecule has 0 saturated carbocycles. The molecule has 1 aromatic carbocycles. The van der Waals surface area contributed by atoms with Crippen molar-refractivity contribution < 1.29 is 23.4 Å². The molecule has 0 fully saturated rings. The summed E-state index contributed by atoms with van der Waals surface area (Å²) >= 11 is 3.52. The molecule has 0 spiro atoms. The lowest BCUT2D eigenvalue weighted by molar-refractivity contribution is 0.0990. The Balaban J connectivity index is 1.74. The van der Waals surface area contributed by atoms with E-state index < -0.39 is 14.0 Å². The van der Waals surface area contributed by atoms with E-state index in [2.05, 4.69) is 67.1 Å². The lowest BCUT2D eigenvalue weighted by atomic mass is 10.3. The third kappa shape index (κ3) is 7.70. The molecule has 200 valence electrons. The smallest absolute Gasteiger partial charge is 0.291 e. The van der Waals surface area contributed by atoms with E-state index in [1.165, 1.54) is 25.5 Å². The lowest BCUT2D eigenvalue weighted by Gasteiger charge is -2.18. The fourth-order valence-corrected chi connectivity index (χ4v) is 4.80. The molecule has 0 atom stereocenters. The first-order valence-electron chi connectivity index (χ1n) is 11.8. The molecule has 2 heterocycles. The Bertz CT molecular complexity index is 1200. The standard InChI is InChI=1S/C25H34BrN5O5Si/c1-31(2)14-8-13-27-25-29-23(33-3)21(24(30-25)34-4)28-22(32)18-11-12-20(35-18)36-19-15-16(37(5,6)7)9-10-17(19)26/h9-12,15H,8,13-14H2,1-7H3,(H,28,32)(H,27,29,30). The molecule has 1 amide bonds. The SMILES string of the molecule is COc1nc(NCCCN(C)C)nc(OC)c1NC(=O)c1ccc(Oc2cc([Si](C)(C)C)ccc2Br)o1. The normalized spacial score (nSPS) is 11.4. The van der Waals surface area contributed by atoms with Crippen molar-refractivity contribution in [1.29, 1.82) is 0 Å². The van der Waals surface area contributed by atoms with Gasteiger partial charge in [-0.3, -0.25) is 4.79 Å². The van der Waals surface area contributed by atoms with Crippen LogP contribution in [-0.4, -0.2) is 70.3 Å². The van der Waals surface area contributed by atoms with Crippen LogP contribution in [0.3, 0.4) is 0 Å². The van der Waals surface area contributed by atoms with Gasteiger partial charge in [0.25, 0.3) is 11.9 Å². The molecule has 2 aromatic heterocycles. The maximum Gasteiger partial charge on any atom is 0.291 e. The minimum absolute atomic E-state index is 0.0440. The van der Waals surface area contributed by atoms with Crippen LogP contribution in [0.15, 0.2) is 39.2 Å². The van der Waals surface area contributed by atoms with Crippen LogP contribution in [0.5, 0.6) is 23.5 Å². The number of halogens is 1. The average molecular weight is 593 g/mol. The number of benzene rings is 1. The number of amides is 1. The number of anilines is 2. The molecule has 3 rings (SSSR count). The van der Waals surface area contributed by atoms with Gasteiger partial charge in [0.1, 0.15) is 5.75 Å². The van der Waals surface area contributed by atoms with Crippen molar-refractivity contribution in [3.8, 4) is 23.5 Å². The second-order valence-electron chi connectivity index (χ2n) is 9.59. The topological polar surface area (TPSA) is 111 Å². The largest absolute Gasteiger partial charge is 0.479 e. The maximum absolute atomic E-state index is 13.0. The van der Waals surface area contributed by atoms with Crippen LogP contribution in [0.25, 0.3) is 0 Å². The fourth-order valence-electron chi connectivity index (χ4n) is 3.33. The first-order valence-corrected chi connectivity index (χ1v) is 16.1. The summed E-state index contributed by atoms with van der Waals surface area (Å²) < 4.78 is 23.2. The predicted molar refractivity (Wildman–Crippen MR) is 151 cm³/mol. The third-order valence-electron chi connectivity index (χ3n) is 5.35. The summed E-state index contributed by atoms with van der Waals surface area (Å²) in [5, 5.41) is 7.11. The van der Waals surface area contributed by atoms with Gasteiger partial charge >= 0.3 is 0 Å². The van der Waals surface area contributed by atoms with Gasteiger partial charge in [0.15, 0.2) is 11.4 Å². The summed E-state index contributed by atoms with van der Waals surface area (Å²) in [6.07, 6.45) is 0.904. The zero-order valence-corrected chi connectivity index (χ0v) is 24.9. The number of ether oxygens (including phenoxy) is 3. The summed E-state index contributed by atoms with van der Waals surface area (Å²) in [4.78, 5) is 23.8. The molecule has 37 heavy (non-hydrogen) atoms. The van der Waals surface area contributed by atoms with Gasteiger partial charge in [-0.05, 0) is 61.2 Å². The highest BCUT2D eigenvalue weighted by Crippen LogP contribution is 2.34. The number of nitrogens with one attached hydrogen (secondary N) is 2. The zero-order valence-electron chi connectivity index (χ0n) is 22.3. The van der Waals surface area contributed by atoms with Gasteiger partial charge in [-0.1, -0.05) is 30.9 Å². The second kappa shape index (κ2) is 12.4. The highest BCUT2D eigenvalue weighted by Gasteiger charge is 2.22. The molecule has 0 aliphatic rings. The van der Waals surface area contributed by atoms with Crippen LogP contribution in [0.4, 0.5) is 11.6 Å². The predicted octanol–water partition coefficient (Wildman–Crippen LogP) is 4.80. The molecule has 0 saturated heterocycles. The van der Waals surface area contributed by atoms with Crippen molar-refractivity contribution in [2.24, 2.45) is 0 Å². The van der Waals surface area contributed by atoms with Crippen LogP contribution in [-0.2, 0) is 0 Å². The van der Waals surface area contributed by atoms with Crippen molar-refractivity contribution in [3.05, 3.63) is 40.6 Å².